The molecular formula is C14H18N4O. The number of benzene rings is 1. The smallest absolute Gasteiger partial charge is 0.251 e. The average Bonchev–Trinajstić information content (AvgIpc) is 2.89. The first-order valence-corrected chi connectivity index (χ1v) is 6.72. The number of fused-ring (bicyclic) bond motifs is 1. The lowest BCUT2D eigenvalue weighted by molar-refractivity contribution is 0.0953. The number of amides is 1. The monoisotopic (exact) mass is 258 g/mol. The van der Waals surface area contributed by atoms with Crippen LogP contribution in [0.2, 0.25) is 0 Å². The van der Waals surface area contributed by atoms with E-state index in [1.54, 1.807) is 0 Å². The number of hydrogen-bond donors (Lipinski definition) is 1. The average molecular weight is 258 g/mol. The van der Waals surface area contributed by atoms with E-state index in [9.17, 15) is 4.79 Å². The van der Waals surface area contributed by atoms with Gasteiger partial charge in [-0.15, -0.1) is 0 Å². The first-order chi connectivity index (χ1) is 9.31. The minimum atomic E-state index is -0.0153. The van der Waals surface area contributed by atoms with Gasteiger partial charge in [-0.1, -0.05) is 11.2 Å². The Hall–Kier alpha value is -2.00. The fourth-order valence-corrected chi connectivity index (χ4v) is 2.37. The fourth-order valence-electron chi connectivity index (χ4n) is 2.37. The summed E-state index contributed by atoms with van der Waals surface area (Å²) in [5, 5.41) is 6.35. The number of carbonyl (C=O) groups is 1. The van der Waals surface area contributed by atoms with E-state index in [0.717, 1.165) is 31.2 Å². The largest absolute Gasteiger partial charge is 0.352 e. The minimum Gasteiger partial charge on any atom is -0.352 e. The maximum Gasteiger partial charge on any atom is 0.251 e. The number of azide groups is 1. The van der Waals surface area contributed by atoms with Crippen molar-refractivity contribution in [1.29, 1.82) is 0 Å². The SMILES string of the molecule is [N-]=[N+]=NCCCCNC(=O)c1ccc2c(c1)CCC2. The van der Waals surface area contributed by atoms with Crippen LogP contribution in [0.25, 0.3) is 10.4 Å². The molecule has 1 aliphatic rings. The van der Waals surface area contributed by atoms with E-state index in [1.165, 1.54) is 17.5 Å². The first kappa shape index (κ1) is 13.4. The standard InChI is InChI=1S/C14H18N4O/c15-18-17-9-2-1-8-16-14(19)13-7-6-11-4-3-5-12(11)10-13/h6-7,10H,1-5,8-9H2,(H,16,19). The summed E-state index contributed by atoms with van der Waals surface area (Å²) in [5.41, 5.74) is 11.6. The van der Waals surface area contributed by atoms with Crippen LogP contribution in [0, 0.1) is 0 Å². The van der Waals surface area contributed by atoms with Crippen molar-refractivity contribution in [3.8, 4) is 0 Å². The molecule has 1 amide bonds. The second-order valence-electron chi connectivity index (χ2n) is 4.75. The van der Waals surface area contributed by atoms with Gasteiger partial charge in [0.15, 0.2) is 0 Å². The molecule has 5 nitrogen and oxygen atoms in total. The molecule has 0 aromatic heterocycles. The van der Waals surface area contributed by atoms with Crippen LogP contribution in [-0.2, 0) is 12.8 Å². The van der Waals surface area contributed by atoms with Crippen LogP contribution < -0.4 is 5.32 Å². The zero-order chi connectivity index (χ0) is 13.5. The molecule has 1 aromatic carbocycles. The van der Waals surface area contributed by atoms with Crippen molar-refractivity contribution < 1.29 is 4.79 Å². The quantitative estimate of drug-likeness (QED) is 0.362. The molecule has 0 spiro atoms. The Labute approximate surface area is 112 Å². The topological polar surface area (TPSA) is 77.9 Å². The third kappa shape index (κ3) is 3.73. The van der Waals surface area contributed by atoms with E-state index >= 15 is 0 Å². The van der Waals surface area contributed by atoms with Crippen molar-refractivity contribution in [1.82, 2.24) is 5.32 Å². The summed E-state index contributed by atoms with van der Waals surface area (Å²) in [4.78, 5) is 14.6. The Morgan fingerprint density at radius 3 is 3.00 bits per heavy atom. The molecular weight excluding hydrogens is 240 g/mol. The summed E-state index contributed by atoms with van der Waals surface area (Å²) >= 11 is 0. The van der Waals surface area contributed by atoms with Crippen molar-refractivity contribution in [3.05, 3.63) is 45.3 Å². The van der Waals surface area contributed by atoms with Crippen LogP contribution in [0.4, 0.5) is 0 Å². The molecule has 0 saturated heterocycles. The molecule has 0 unspecified atom stereocenters. The fraction of sp³-hybridized carbons (Fsp3) is 0.500. The number of rotatable bonds is 6. The molecule has 2 rings (SSSR count). The van der Waals surface area contributed by atoms with Crippen LogP contribution >= 0.6 is 0 Å². The molecule has 0 fully saturated rings. The van der Waals surface area contributed by atoms with E-state index < -0.39 is 0 Å². The van der Waals surface area contributed by atoms with E-state index in [-0.39, 0.29) is 5.91 Å². The summed E-state index contributed by atoms with van der Waals surface area (Å²) in [6, 6.07) is 5.98. The summed E-state index contributed by atoms with van der Waals surface area (Å²) in [5.74, 6) is -0.0153. The molecule has 1 aromatic rings. The summed E-state index contributed by atoms with van der Waals surface area (Å²) in [6.45, 7) is 1.11. The van der Waals surface area contributed by atoms with Crippen molar-refractivity contribution in [2.75, 3.05) is 13.1 Å². The van der Waals surface area contributed by atoms with Gasteiger partial charge in [0.25, 0.3) is 5.91 Å². The first-order valence-electron chi connectivity index (χ1n) is 6.72. The maximum absolute atomic E-state index is 11.9. The van der Waals surface area contributed by atoms with Gasteiger partial charge < -0.3 is 5.32 Å². The zero-order valence-corrected chi connectivity index (χ0v) is 10.9. The van der Waals surface area contributed by atoms with Crippen molar-refractivity contribution in [2.45, 2.75) is 32.1 Å². The van der Waals surface area contributed by atoms with Gasteiger partial charge in [-0.3, -0.25) is 4.79 Å². The van der Waals surface area contributed by atoms with Crippen LogP contribution in [0.1, 0.15) is 40.7 Å². The highest BCUT2D eigenvalue weighted by atomic mass is 16.1. The zero-order valence-electron chi connectivity index (χ0n) is 10.9. The lowest BCUT2D eigenvalue weighted by Gasteiger charge is -2.06. The molecule has 1 N–H and O–H groups in total. The maximum atomic E-state index is 11.9. The van der Waals surface area contributed by atoms with Gasteiger partial charge in [0.1, 0.15) is 0 Å². The van der Waals surface area contributed by atoms with Gasteiger partial charge in [-0.2, -0.15) is 0 Å². The predicted octanol–water partition coefficient (Wildman–Crippen LogP) is 3.00. The molecule has 0 atom stereocenters. The van der Waals surface area contributed by atoms with Gasteiger partial charge in [-0.05, 0) is 60.9 Å². The molecule has 1 aliphatic carbocycles. The number of nitrogens with zero attached hydrogens (tertiary/aromatic N) is 3. The highest BCUT2D eigenvalue weighted by Crippen LogP contribution is 2.22. The molecule has 0 heterocycles. The van der Waals surface area contributed by atoms with Crippen LogP contribution in [-0.4, -0.2) is 19.0 Å². The molecule has 0 saturated carbocycles. The predicted molar refractivity (Wildman–Crippen MR) is 74.0 cm³/mol. The normalized spacial score (nSPS) is 12.6. The summed E-state index contributed by atoms with van der Waals surface area (Å²) in [6.07, 6.45) is 5.04. The molecule has 19 heavy (non-hydrogen) atoms. The van der Waals surface area contributed by atoms with Crippen LogP contribution in [0.5, 0.6) is 0 Å². The van der Waals surface area contributed by atoms with E-state index in [1.807, 2.05) is 12.1 Å². The summed E-state index contributed by atoms with van der Waals surface area (Å²) in [7, 11) is 0. The number of nitrogens with one attached hydrogen (secondary N) is 1. The van der Waals surface area contributed by atoms with E-state index in [0.29, 0.717) is 13.1 Å². The van der Waals surface area contributed by atoms with E-state index in [2.05, 4.69) is 21.4 Å². The Balaban J connectivity index is 1.78. The summed E-state index contributed by atoms with van der Waals surface area (Å²) < 4.78 is 0. The number of hydrogen-bond acceptors (Lipinski definition) is 2. The number of carbonyl (C=O) groups excluding carboxylic acids is 1. The van der Waals surface area contributed by atoms with Crippen molar-refractivity contribution in [2.24, 2.45) is 5.11 Å². The Morgan fingerprint density at radius 2 is 2.16 bits per heavy atom. The van der Waals surface area contributed by atoms with Gasteiger partial charge in [0.2, 0.25) is 0 Å². The molecule has 0 aliphatic heterocycles. The molecule has 0 radical (unpaired) electrons. The Morgan fingerprint density at radius 1 is 1.32 bits per heavy atom. The van der Waals surface area contributed by atoms with Crippen molar-refractivity contribution >= 4 is 5.91 Å². The van der Waals surface area contributed by atoms with Crippen molar-refractivity contribution in [3.63, 3.8) is 0 Å². The van der Waals surface area contributed by atoms with Gasteiger partial charge in [0, 0.05) is 23.6 Å². The second-order valence-corrected chi connectivity index (χ2v) is 4.75. The third-order valence-corrected chi connectivity index (χ3v) is 3.39. The highest BCUT2D eigenvalue weighted by molar-refractivity contribution is 5.94. The number of unbranched alkanes of at least 4 members (excludes halogenated alkanes) is 1. The van der Waals surface area contributed by atoms with Gasteiger partial charge in [0.05, 0.1) is 0 Å². The third-order valence-electron chi connectivity index (χ3n) is 3.39. The molecule has 100 valence electrons. The second kappa shape index (κ2) is 6.81. The molecule has 5 heteroatoms. The van der Waals surface area contributed by atoms with E-state index in [4.69, 9.17) is 5.53 Å². The Kier molecular flexibility index (Phi) is 4.81. The highest BCUT2D eigenvalue weighted by Gasteiger charge is 2.13. The number of aryl methyl sites for hydroxylation is 2. The van der Waals surface area contributed by atoms with Crippen LogP contribution in [0.3, 0.4) is 0 Å². The minimum absolute atomic E-state index is 0.0153. The lowest BCUT2D eigenvalue weighted by Crippen LogP contribution is -2.24. The molecule has 0 bridgehead atoms. The van der Waals surface area contributed by atoms with Gasteiger partial charge >= 0.3 is 0 Å². The Bertz CT molecular complexity index is 506. The van der Waals surface area contributed by atoms with Gasteiger partial charge in [-0.25, -0.2) is 0 Å². The van der Waals surface area contributed by atoms with Crippen LogP contribution in [0.15, 0.2) is 23.3 Å². The lowest BCUT2D eigenvalue weighted by atomic mass is 10.1.